The molecule has 0 amide bonds. The summed E-state index contributed by atoms with van der Waals surface area (Å²) in [6, 6.07) is 10.8. The largest absolute Gasteiger partial charge is 0.313 e. The second-order valence-electron chi connectivity index (χ2n) is 4.00. The van der Waals surface area contributed by atoms with E-state index in [1.807, 2.05) is 25.2 Å². The van der Waals surface area contributed by atoms with Crippen LogP contribution < -0.4 is 5.32 Å². The SMILES string of the molecule is CNC(C)c1ccnc(Sc2cccc(F)c2)c1. The number of aromatic nitrogens is 1. The Kier molecular flexibility index (Phi) is 4.33. The van der Waals surface area contributed by atoms with Crippen molar-refractivity contribution in [3.05, 3.63) is 54.0 Å². The molecule has 1 aromatic carbocycles. The standard InChI is InChI=1S/C14H15FN2S/c1-10(16-2)11-6-7-17-14(8-11)18-13-5-3-4-12(15)9-13/h3-10,16H,1-2H3. The highest BCUT2D eigenvalue weighted by atomic mass is 32.2. The van der Waals surface area contributed by atoms with Gasteiger partial charge in [-0.3, -0.25) is 0 Å². The quantitative estimate of drug-likeness (QED) is 0.910. The fourth-order valence-corrected chi connectivity index (χ4v) is 2.44. The third kappa shape index (κ3) is 3.31. The molecule has 1 heterocycles. The van der Waals surface area contributed by atoms with Crippen LogP contribution in [0.25, 0.3) is 0 Å². The summed E-state index contributed by atoms with van der Waals surface area (Å²) in [7, 11) is 1.92. The van der Waals surface area contributed by atoms with Crippen LogP contribution in [0, 0.1) is 5.82 Å². The van der Waals surface area contributed by atoms with Gasteiger partial charge in [-0.05, 0) is 49.9 Å². The monoisotopic (exact) mass is 262 g/mol. The van der Waals surface area contributed by atoms with Crippen molar-refractivity contribution in [2.24, 2.45) is 0 Å². The van der Waals surface area contributed by atoms with E-state index in [0.29, 0.717) is 0 Å². The molecule has 1 atom stereocenters. The third-order valence-corrected chi connectivity index (χ3v) is 3.63. The van der Waals surface area contributed by atoms with Crippen LogP contribution in [0.2, 0.25) is 0 Å². The Morgan fingerprint density at radius 1 is 1.28 bits per heavy atom. The molecule has 0 bridgehead atoms. The van der Waals surface area contributed by atoms with Crippen molar-refractivity contribution in [2.75, 3.05) is 7.05 Å². The van der Waals surface area contributed by atoms with Crippen LogP contribution in [0.4, 0.5) is 4.39 Å². The number of rotatable bonds is 4. The van der Waals surface area contributed by atoms with Gasteiger partial charge in [0, 0.05) is 17.1 Å². The molecule has 0 aliphatic rings. The first kappa shape index (κ1) is 13.1. The van der Waals surface area contributed by atoms with Gasteiger partial charge in [0.25, 0.3) is 0 Å². The van der Waals surface area contributed by atoms with Gasteiger partial charge in [0.15, 0.2) is 0 Å². The molecule has 1 N–H and O–H groups in total. The number of hydrogen-bond acceptors (Lipinski definition) is 3. The van der Waals surface area contributed by atoms with Gasteiger partial charge in [0.05, 0.1) is 0 Å². The number of nitrogens with one attached hydrogen (secondary N) is 1. The lowest BCUT2D eigenvalue weighted by molar-refractivity contribution is 0.624. The molecular formula is C14H15FN2S. The van der Waals surface area contributed by atoms with Gasteiger partial charge in [-0.1, -0.05) is 17.8 Å². The lowest BCUT2D eigenvalue weighted by Gasteiger charge is -2.11. The summed E-state index contributed by atoms with van der Waals surface area (Å²) in [5.74, 6) is -0.222. The summed E-state index contributed by atoms with van der Waals surface area (Å²) in [4.78, 5) is 5.15. The predicted molar refractivity (Wildman–Crippen MR) is 72.2 cm³/mol. The molecule has 0 radical (unpaired) electrons. The average Bonchev–Trinajstić information content (AvgIpc) is 2.38. The summed E-state index contributed by atoms with van der Waals surface area (Å²) >= 11 is 1.46. The minimum atomic E-state index is -0.222. The molecule has 2 rings (SSSR count). The van der Waals surface area contributed by atoms with Gasteiger partial charge >= 0.3 is 0 Å². The molecule has 2 nitrogen and oxygen atoms in total. The molecule has 0 saturated carbocycles. The van der Waals surface area contributed by atoms with Crippen molar-refractivity contribution in [1.82, 2.24) is 10.3 Å². The van der Waals surface area contributed by atoms with Crippen molar-refractivity contribution in [3.63, 3.8) is 0 Å². The van der Waals surface area contributed by atoms with Crippen molar-refractivity contribution in [1.29, 1.82) is 0 Å². The Balaban J connectivity index is 2.19. The van der Waals surface area contributed by atoms with Crippen LogP contribution in [-0.2, 0) is 0 Å². The topological polar surface area (TPSA) is 24.9 Å². The van der Waals surface area contributed by atoms with Gasteiger partial charge in [-0.15, -0.1) is 0 Å². The molecular weight excluding hydrogens is 247 g/mol. The average molecular weight is 262 g/mol. The summed E-state index contributed by atoms with van der Waals surface area (Å²) in [6.45, 7) is 2.09. The van der Waals surface area contributed by atoms with Crippen molar-refractivity contribution in [2.45, 2.75) is 22.9 Å². The predicted octanol–water partition coefficient (Wildman–Crippen LogP) is 3.65. The first-order chi connectivity index (χ1) is 8.69. The summed E-state index contributed by atoms with van der Waals surface area (Å²) < 4.78 is 13.1. The Hall–Kier alpha value is -1.39. The first-order valence-corrected chi connectivity index (χ1v) is 6.57. The first-order valence-electron chi connectivity index (χ1n) is 5.75. The Morgan fingerprint density at radius 3 is 2.83 bits per heavy atom. The minimum Gasteiger partial charge on any atom is -0.313 e. The maximum atomic E-state index is 13.1. The van der Waals surface area contributed by atoms with E-state index in [0.717, 1.165) is 9.92 Å². The lowest BCUT2D eigenvalue weighted by Crippen LogP contribution is -2.12. The summed E-state index contributed by atoms with van der Waals surface area (Å²) in [5.41, 5.74) is 1.17. The highest BCUT2D eigenvalue weighted by Gasteiger charge is 2.05. The number of nitrogens with zero attached hydrogens (tertiary/aromatic N) is 1. The second-order valence-corrected chi connectivity index (χ2v) is 5.09. The number of benzene rings is 1. The van der Waals surface area contributed by atoms with Gasteiger partial charge in [-0.25, -0.2) is 9.37 Å². The second kappa shape index (κ2) is 5.98. The number of halogens is 1. The molecule has 0 fully saturated rings. The van der Waals surface area contributed by atoms with E-state index in [2.05, 4.69) is 17.2 Å². The fourth-order valence-electron chi connectivity index (χ4n) is 1.57. The number of hydrogen-bond donors (Lipinski definition) is 1. The Labute approximate surface area is 111 Å². The van der Waals surface area contributed by atoms with Gasteiger partial charge < -0.3 is 5.32 Å². The molecule has 0 spiro atoms. The van der Waals surface area contributed by atoms with E-state index in [1.54, 1.807) is 12.3 Å². The van der Waals surface area contributed by atoms with E-state index in [4.69, 9.17) is 0 Å². The van der Waals surface area contributed by atoms with E-state index >= 15 is 0 Å². The van der Waals surface area contributed by atoms with E-state index in [-0.39, 0.29) is 11.9 Å². The zero-order valence-corrected chi connectivity index (χ0v) is 11.2. The minimum absolute atomic E-state index is 0.222. The Bertz CT molecular complexity index is 531. The highest BCUT2D eigenvalue weighted by Crippen LogP contribution is 2.27. The van der Waals surface area contributed by atoms with Crippen LogP contribution >= 0.6 is 11.8 Å². The van der Waals surface area contributed by atoms with Crippen LogP contribution in [0.1, 0.15) is 18.5 Å². The maximum absolute atomic E-state index is 13.1. The van der Waals surface area contributed by atoms with Crippen LogP contribution in [0.15, 0.2) is 52.5 Å². The Morgan fingerprint density at radius 2 is 2.11 bits per heavy atom. The molecule has 1 unspecified atom stereocenters. The van der Waals surface area contributed by atoms with E-state index in [9.17, 15) is 4.39 Å². The molecule has 4 heteroatoms. The molecule has 94 valence electrons. The highest BCUT2D eigenvalue weighted by molar-refractivity contribution is 7.99. The molecule has 0 aliphatic carbocycles. The van der Waals surface area contributed by atoms with Crippen molar-refractivity contribution < 1.29 is 4.39 Å². The van der Waals surface area contributed by atoms with Crippen molar-refractivity contribution in [3.8, 4) is 0 Å². The van der Waals surface area contributed by atoms with Crippen LogP contribution in [0.3, 0.4) is 0 Å². The van der Waals surface area contributed by atoms with Gasteiger partial charge in [-0.2, -0.15) is 0 Å². The van der Waals surface area contributed by atoms with Gasteiger partial charge in [0.1, 0.15) is 10.8 Å². The molecule has 2 aromatic rings. The molecule has 0 saturated heterocycles. The zero-order valence-electron chi connectivity index (χ0n) is 10.4. The fraction of sp³-hybridized carbons (Fsp3) is 0.214. The third-order valence-electron chi connectivity index (χ3n) is 2.71. The van der Waals surface area contributed by atoms with Crippen LogP contribution in [-0.4, -0.2) is 12.0 Å². The smallest absolute Gasteiger partial charge is 0.124 e. The van der Waals surface area contributed by atoms with Crippen molar-refractivity contribution >= 4 is 11.8 Å². The van der Waals surface area contributed by atoms with E-state index in [1.165, 1.54) is 29.5 Å². The van der Waals surface area contributed by atoms with Crippen LogP contribution in [0.5, 0.6) is 0 Å². The number of pyridine rings is 1. The van der Waals surface area contributed by atoms with E-state index < -0.39 is 0 Å². The molecule has 0 aliphatic heterocycles. The zero-order chi connectivity index (χ0) is 13.0. The molecule has 18 heavy (non-hydrogen) atoms. The summed E-state index contributed by atoms with van der Waals surface area (Å²) in [6.07, 6.45) is 1.78. The lowest BCUT2D eigenvalue weighted by atomic mass is 10.1. The molecule has 1 aromatic heterocycles. The van der Waals surface area contributed by atoms with Gasteiger partial charge in [0.2, 0.25) is 0 Å². The normalized spacial score (nSPS) is 12.4. The summed E-state index contributed by atoms with van der Waals surface area (Å²) in [5, 5.41) is 4.06. The maximum Gasteiger partial charge on any atom is 0.124 e.